The highest BCUT2D eigenvalue weighted by molar-refractivity contribution is 8.00. The Balaban J connectivity index is 1.65. The predicted molar refractivity (Wildman–Crippen MR) is 122 cm³/mol. The second-order valence-corrected chi connectivity index (χ2v) is 9.68. The van der Waals surface area contributed by atoms with Crippen LogP contribution in [0, 0.1) is 6.92 Å². The van der Waals surface area contributed by atoms with Crippen LogP contribution in [0.4, 0.5) is 0 Å². The summed E-state index contributed by atoms with van der Waals surface area (Å²) >= 11 is 1.68. The predicted octanol–water partition coefficient (Wildman–Crippen LogP) is 5.06. The molecule has 2 aromatic carbocycles. The number of amides is 1. The molecule has 0 aromatic heterocycles. The van der Waals surface area contributed by atoms with Gasteiger partial charge in [0.1, 0.15) is 11.1 Å². The average molecular weight is 426 g/mol. The number of ether oxygens (including phenoxy) is 1. The van der Waals surface area contributed by atoms with Gasteiger partial charge in [0.05, 0.1) is 18.5 Å². The first-order chi connectivity index (χ1) is 14.5. The van der Waals surface area contributed by atoms with Crippen LogP contribution in [0.5, 0.6) is 5.75 Å². The van der Waals surface area contributed by atoms with E-state index < -0.39 is 5.60 Å². The van der Waals surface area contributed by atoms with Crippen LogP contribution in [0.1, 0.15) is 60.1 Å². The zero-order chi connectivity index (χ0) is 21.1. The molecule has 1 aliphatic heterocycles. The molecule has 0 radical (unpaired) electrons. The number of carbonyl (C=O) groups excluding carboxylic acids is 1. The minimum absolute atomic E-state index is 0.00559. The Hall–Kier alpha value is -1.98. The fourth-order valence-electron chi connectivity index (χ4n) is 4.79. The number of methoxy groups -OCH3 is 1. The quantitative estimate of drug-likeness (QED) is 0.703. The van der Waals surface area contributed by atoms with E-state index >= 15 is 0 Å². The average Bonchev–Trinajstić information content (AvgIpc) is 3.13. The van der Waals surface area contributed by atoms with E-state index in [4.69, 9.17) is 4.74 Å². The standard InChI is InChI=1S/C25H31NO3S/c1-18-6-8-20(9-7-18)24-26(23(27)17-30-24)16-22(25(28)14-4-3-5-15-25)19-10-12-21(29-2)13-11-19/h6-13,22,24,28H,3-5,14-17H2,1-2H3. The monoisotopic (exact) mass is 425 g/mol. The molecule has 0 bridgehead atoms. The van der Waals surface area contributed by atoms with Crippen molar-refractivity contribution in [2.45, 2.75) is 55.9 Å². The summed E-state index contributed by atoms with van der Waals surface area (Å²) in [7, 11) is 1.66. The van der Waals surface area contributed by atoms with Gasteiger partial charge in [0.2, 0.25) is 5.91 Å². The third kappa shape index (κ3) is 4.37. The molecular weight excluding hydrogens is 394 g/mol. The third-order valence-electron chi connectivity index (χ3n) is 6.60. The van der Waals surface area contributed by atoms with Crippen molar-refractivity contribution in [2.24, 2.45) is 0 Å². The Morgan fingerprint density at radius 1 is 1.10 bits per heavy atom. The van der Waals surface area contributed by atoms with Crippen LogP contribution in [-0.4, -0.2) is 40.9 Å². The van der Waals surface area contributed by atoms with Gasteiger partial charge >= 0.3 is 0 Å². The Bertz CT molecular complexity index is 859. The Morgan fingerprint density at radius 3 is 2.40 bits per heavy atom. The molecule has 5 heteroatoms. The van der Waals surface area contributed by atoms with Crippen LogP contribution in [0.2, 0.25) is 0 Å². The van der Waals surface area contributed by atoms with Crippen molar-refractivity contribution in [3.8, 4) is 5.75 Å². The van der Waals surface area contributed by atoms with Gasteiger partial charge in [0, 0.05) is 12.5 Å². The largest absolute Gasteiger partial charge is 0.497 e. The van der Waals surface area contributed by atoms with E-state index in [0.717, 1.165) is 42.6 Å². The lowest BCUT2D eigenvalue weighted by molar-refractivity contribution is -0.129. The van der Waals surface area contributed by atoms with Crippen LogP contribution < -0.4 is 4.74 Å². The van der Waals surface area contributed by atoms with Crippen molar-refractivity contribution in [2.75, 3.05) is 19.4 Å². The molecule has 30 heavy (non-hydrogen) atoms. The molecule has 2 aliphatic rings. The summed E-state index contributed by atoms with van der Waals surface area (Å²) in [5.74, 6) is 1.34. The molecular formula is C25H31NO3S. The highest BCUT2D eigenvalue weighted by Crippen LogP contribution is 2.45. The van der Waals surface area contributed by atoms with Crippen LogP contribution >= 0.6 is 11.8 Å². The second kappa shape index (κ2) is 9.03. The SMILES string of the molecule is COc1ccc(C(CN2C(=O)CSC2c2ccc(C)cc2)C2(O)CCCCC2)cc1. The second-order valence-electron chi connectivity index (χ2n) is 8.61. The first-order valence-electron chi connectivity index (χ1n) is 10.8. The molecule has 1 N–H and O–H groups in total. The first kappa shape index (κ1) is 21.3. The molecule has 1 aliphatic carbocycles. The number of carbonyl (C=O) groups is 1. The van der Waals surface area contributed by atoms with E-state index in [1.165, 1.54) is 12.0 Å². The lowest BCUT2D eigenvalue weighted by Gasteiger charge is -2.42. The van der Waals surface area contributed by atoms with Gasteiger partial charge in [0.25, 0.3) is 0 Å². The Kier molecular flexibility index (Phi) is 6.40. The molecule has 160 valence electrons. The van der Waals surface area contributed by atoms with E-state index in [1.54, 1.807) is 18.9 Å². The van der Waals surface area contributed by atoms with Crippen LogP contribution in [-0.2, 0) is 4.79 Å². The first-order valence-corrected chi connectivity index (χ1v) is 11.9. The van der Waals surface area contributed by atoms with Gasteiger partial charge in [-0.3, -0.25) is 4.79 Å². The number of aryl methyl sites for hydroxylation is 1. The van der Waals surface area contributed by atoms with Gasteiger partial charge in [-0.1, -0.05) is 61.2 Å². The fourth-order valence-corrected chi connectivity index (χ4v) is 5.99. The van der Waals surface area contributed by atoms with Gasteiger partial charge in [-0.2, -0.15) is 0 Å². The molecule has 1 saturated heterocycles. The van der Waals surface area contributed by atoms with Crippen molar-refractivity contribution in [1.29, 1.82) is 0 Å². The molecule has 2 aromatic rings. The lowest BCUT2D eigenvalue weighted by Crippen LogP contribution is -2.45. The number of aliphatic hydroxyl groups is 1. The van der Waals surface area contributed by atoms with Crippen LogP contribution in [0.25, 0.3) is 0 Å². The zero-order valence-corrected chi connectivity index (χ0v) is 18.7. The van der Waals surface area contributed by atoms with E-state index in [9.17, 15) is 9.90 Å². The minimum Gasteiger partial charge on any atom is -0.497 e. The lowest BCUT2D eigenvalue weighted by atomic mass is 9.72. The maximum absolute atomic E-state index is 12.9. The molecule has 1 amide bonds. The highest BCUT2D eigenvalue weighted by atomic mass is 32.2. The Morgan fingerprint density at radius 2 is 1.77 bits per heavy atom. The van der Waals surface area contributed by atoms with Gasteiger partial charge in [-0.15, -0.1) is 11.8 Å². The van der Waals surface area contributed by atoms with E-state index in [1.807, 2.05) is 29.2 Å². The molecule has 4 nitrogen and oxygen atoms in total. The van der Waals surface area contributed by atoms with Gasteiger partial charge in [0.15, 0.2) is 0 Å². The van der Waals surface area contributed by atoms with Crippen molar-refractivity contribution in [3.63, 3.8) is 0 Å². The molecule has 0 spiro atoms. The summed E-state index contributed by atoms with van der Waals surface area (Å²) in [6, 6.07) is 16.4. The summed E-state index contributed by atoms with van der Waals surface area (Å²) in [5, 5.41) is 11.7. The zero-order valence-electron chi connectivity index (χ0n) is 17.8. The summed E-state index contributed by atoms with van der Waals surface area (Å²) in [6.45, 7) is 2.61. The van der Waals surface area contributed by atoms with Gasteiger partial charge in [-0.05, 0) is 43.0 Å². The number of nitrogens with zero attached hydrogens (tertiary/aromatic N) is 1. The Labute approximate surface area is 183 Å². The fraction of sp³-hybridized carbons (Fsp3) is 0.480. The van der Waals surface area contributed by atoms with Crippen molar-refractivity contribution in [3.05, 3.63) is 65.2 Å². The summed E-state index contributed by atoms with van der Waals surface area (Å²) in [4.78, 5) is 14.9. The summed E-state index contributed by atoms with van der Waals surface area (Å²) < 4.78 is 5.32. The highest BCUT2D eigenvalue weighted by Gasteiger charge is 2.43. The maximum Gasteiger partial charge on any atom is 0.233 e. The van der Waals surface area contributed by atoms with Crippen molar-refractivity contribution < 1.29 is 14.6 Å². The normalized spacial score (nSPS) is 22.2. The number of thioether (sulfide) groups is 1. The molecule has 1 heterocycles. The van der Waals surface area contributed by atoms with Crippen molar-refractivity contribution in [1.82, 2.24) is 4.90 Å². The molecule has 2 atom stereocenters. The van der Waals surface area contributed by atoms with Gasteiger partial charge in [-0.25, -0.2) is 0 Å². The molecule has 1 saturated carbocycles. The molecule has 2 fully saturated rings. The number of hydrogen-bond acceptors (Lipinski definition) is 4. The van der Waals surface area contributed by atoms with Crippen molar-refractivity contribution >= 4 is 17.7 Å². The minimum atomic E-state index is -0.780. The maximum atomic E-state index is 12.9. The smallest absolute Gasteiger partial charge is 0.233 e. The number of benzene rings is 2. The topological polar surface area (TPSA) is 49.8 Å². The number of rotatable bonds is 6. The van der Waals surface area contributed by atoms with E-state index in [0.29, 0.717) is 12.3 Å². The van der Waals surface area contributed by atoms with E-state index in [2.05, 4.69) is 31.2 Å². The summed E-state index contributed by atoms with van der Waals surface area (Å²) in [6.07, 6.45) is 4.81. The van der Waals surface area contributed by atoms with Gasteiger partial charge < -0.3 is 14.7 Å². The van der Waals surface area contributed by atoms with Crippen LogP contribution in [0.3, 0.4) is 0 Å². The summed E-state index contributed by atoms with van der Waals surface area (Å²) in [5.41, 5.74) is 2.67. The number of hydrogen-bond donors (Lipinski definition) is 1. The molecule has 2 unspecified atom stereocenters. The third-order valence-corrected chi connectivity index (χ3v) is 7.85. The van der Waals surface area contributed by atoms with E-state index in [-0.39, 0.29) is 17.2 Å². The molecule has 4 rings (SSSR count). The van der Waals surface area contributed by atoms with Crippen LogP contribution in [0.15, 0.2) is 48.5 Å².